The Balaban J connectivity index is 1.50. The molecule has 0 bridgehead atoms. The molecule has 0 radical (unpaired) electrons. The molecule has 0 saturated heterocycles. The summed E-state index contributed by atoms with van der Waals surface area (Å²) in [6, 6.07) is 0. The average Bonchev–Trinajstić information content (AvgIpc) is 3.13. The van der Waals surface area contributed by atoms with Crippen molar-refractivity contribution in [1.82, 2.24) is 0 Å². The van der Waals surface area contributed by atoms with E-state index in [1.54, 1.807) is 0 Å². The fourth-order valence-corrected chi connectivity index (χ4v) is 8.47. The van der Waals surface area contributed by atoms with Crippen molar-refractivity contribution >= 4 is 5.97 Å². The summed E-state index contributed by atoms with van der Waals surface area (Å²) in [6.45, 7) is 4.77. The Hall–Kier alpha value is -0.910. The van der Waals surface area contributed by atoms with Gasteiger partial charge in [-0.25, -0.2) is 4.79 Å². The van der Waals surface area contributed by atoms with E-state index in [2.05, 4.69) is 13.8 Å². The first-order chi connectivity index (χ1) is 13.2. The molecule has 4 saturated carbocycles. The summed E-state index contributed by atoms with van der Waals surface area (Å²) < 4.78 is 5.14. The normalized spacial score (nSPS) is 55.8. The van der Waals surface area contributed by atoms with Crippen LogP contribution in [0.1, 0.15) is 65.2 Å². The molecule has 5 nitrogen and oxygen atoms in total. The minimum absolute atomic E-state index is 0.170. The van der Waals surface area contributed by atoms with Gasteiger partial charge in [0.2, 0.25) is 0 Å². The lowest BCUT2D eigenvalue weighted by Crippen LogP contribution is -2.62. The molecule has 0 aromatic rings. The Kier molecular flexibility index (Phi) is 4.12. The maximum atomic E-state index is 12.1. The molecular weight excluding hydrogens is 356 g/mol. The van der Waals surface area contributed by atoms with Crippen LogP contribution in [-0.2, 0) is 9.53 Å². The van der Waals surface area contributed by atoms with Crippen molar-refractivity contribution in [2.24, 2.45) is 34.5 Å². The SMILES string of the molecule is C[C@@]12CC[C@@H]3[C@H](CCC4CC(O)CC[C@]43C)[C@]1(O)C[C@@H](O)[C@H]2C1=CC(=O)OC1. The van der Waals surface area contributed by atoms with Crippen LogP contribution in [0.2, 0.25) is 0 Å². The summed E-state index contributed by atoms with van der Waals surface area (Å²) in [5.74, 6) is 0.627. The Labute approximate surface area is 167 Å². The molecule has 156 valence electrons. The van der Waals surface area contributed by atoms with Gasteiger partial charge in [0.1, 0.15) is 6.61 Å². The molecule has 4 aliphatic carbocycles. The van der Waals surface area contributed by atoms with E-state index in [0.717, 1.165) is 50.5 Å². The number of aliphatic hydroxyl groups is 3. The molecule has 0 aromatic heterocycles. The molecule has 1 heterocycles. The van der Waals surface area contributed by atoms with E-state index >= 15 is 0 Å². The van der Waals surface area contributed by atoms with Crippen molar-refractivity contribution < 1.29 is 24.9 Å². The molecule has 1 aliphatic heterocycles. The van der Waals surface area contributed by atoms with Crippen molar-refractivity contribution in [3.63, 3.8) is 0 Å². The predicted molar refractivity (Wildman–Crippen MR) is 103 cm³/mol. The number of hydrogen-bond acceptors (Lipinski definition) is 5. The van der Waals surface area contributed by atoms with Crippen molar-refractivity contribution in [3.05, 3.63) is 11.6 Å². The zero-order valence-corrected chi connectivity index (χ0v) is 17.1. The highest BCUT2D eigenvalue weighted by Crippen LogP contribution is 2.69. The Morgan fingerprint density at radius 1 is 1.07 bits per heavy atom. The van der Waals surface area contributed by atoms with E-state index in [-0.39, 0.29) is 35.9 Å². The number of ether oxygens (including phenoxy) is 1. The summed E-state index contributed by atoms with van der Waals surface area (Å²) in [4.78, 5) is 11.7. The largest absolute Gasteiger partial charge is 0.458 e. The molecular formula is C23H34O5. The van der Waals surface area contributed by atoms with Crippen LogP contribution in [0.5, 0.6) is 0 Å². The second-order valence-corrected chi connectivity index (χ2v) is 10.9. The van der Waals surface area contributed by atoms with Crippen molar-refractivity contribution in [1.29, 1.82) is 0 Å². The van der Waals surface area contributed by atoms with Crippen LogP contribution in [0.3, 0.4) is 0 Å². The average molecular weight is 391 g/mol. The summed E-state index contributed by atoms with van der Waals surface area (Å²) in [6.07, 6.45) is 7.87. The first kappa shape index (κ1) is 19.1. The molecule has 5 aliphatic rings. The van der Waals surface area contributed by atoms with E-state index in [0.29, 0.717) is 18.3 Å². The van der Waals surface area contributed by atoms with Gasteiger partial charge in [-0.1, -0.05) is 13.8 Å². The van der Waals surface area contributed by atoms with E-state index in [9.17, 15) is 20.1 Å². The lowest BCUT2D eigenvalue weighted by atomic mass is 9.43. The highest BCUT2D eigenvalue weighted by molar-refractivity contribution is 5.85. The number of carbonyl (C=O) groups excluding carboxylic acids is 1. The van der Waals surface area contributed by atoms with E-state index in [1.807, 2.05) is 0 Å². The van der Waals surface area contributed by atoms with Gasteiger partial charge in [0.25, 0.3) is 0 Å². The molecule has 28 heavy (non-hydrogen) atoms. The van der Waals surface area contributed by atoms with E-state index < -0.39 is 17.1 Å². The maximum absolute atomic E-state index is 12.1. The molecule has 4 fully saturated rings. The number of esters is 1. The Morgan fingerprint density at radius 2 is 1.86 bits per heavy atom. The summed E-state index contributed by atoms with van der Waals surface area (Å²) in [5.41, 5.74) is -0.301. The number of rotatable bonds is 1. The second kappa shape index (κ2) is 6.05. The van der Waals surface area contributed by atoms with Crippen LogP contribution in [0.15, 0.2) is 11.6 Å². The highest BCUT2D eigenvalue weighted by atomic mass is 16.5. The van der Waals surface area contributed by atoms with Crippen LogP contribution < -0.4 is 0 Å². The Morgan fingerprint density at radius 3 is 2.57 bits per heavy atom. The zero-order chi connectivity index (χ0) is 19.9. The van der Waals surface area contributed by atoms with E-state index in [1.165, 1.54) is 6.08 Å². The molecule has 3 N–H and O–H groups in total. The maximum Gasteiger partial charge on any atom is 0.331 e. The van der Waals surface area contributed by atoms with Gasteiger partial charge in [0.05, 0.1) is 17.8 Å². The summed E-state index contributed by atoms with van der Waals surface area (Å²) in [7, 11) is 0. The molecule has 2 unspecified atom stereocenters. The van der Waals surface area contributed by atoms with Gasteiger partial charge >= 0.3 is 5.97 Å². The fraction of sp³-hybridized carbons (Fsp3) is 0.870. The topological polar surface area (TPSA) is 87.0 Å². The quantitative estimate of drug-likeness (QED) is 0.599. The van der Waals surface area contributed by atoms with Crippen molar-refractivity contribution in [2.45, 2.75) is 83.0 Å². The van der Waals surface area contributed by atoms with Gasteiger partial charge in [-0.3, -0.25) is 0 Å². The standard InChI is InChI=1S/C23H34O5/c1-21-7-5-15(24)10-14(21)3-4-17-16(21)6-8-22(2)20(13-9-19(26)28-12-13)18(25)11-23(17,22)27/h9,14-18,20,24-25,27H,3-8,10-12H2,1-2H3/t14?,15?,16-,17+,18-,20-,21-,22+,23-/m1/s1. The fourth-order valence-electron chi connectivity index (χ4n) is 8.47. The van der Waals surface area contributed by atoms with E-state index in [4.69, 9.17) is 4.74 Å². The van der Waals surface area contributed by atoms with Crippen LogP contribution in [0.4, 0.5) is 0 Å². The van der Waals surface area contributed by atoms with Gasteiger partial charge in [-0.05, 0) is 73.7 Å². The van der Waals surface area contributed by atoms with Crippen LogP contribution in [0.25, 0.3) is 0 Å². The van der Waals surface area contributed by atoms with Gasteiger partial charge in [-0.15, -0.1) is 0 Å². The number of carbonyl (C=O) groups is 1. The van der Waals surface area contributed by atoms with Gasteiger partial charge in [0, 0.05) is 23.8 Å². The lowest BCUT2D eigenvalue weighted by molar-refractivity contribution is -0.208. The molecule has 9 atom stereocenters. The third-order valence-electron chi connectivity index (χ3n) is 9.92. The predicted octanol–water partition coefficient (Wildman–Crippen LogP) is 2.58. The highest BCUT2D eigenvalue weighted by Gasteiger charge is 2.70. The summed E-state index contributed by atoms with van der Waals surface area (Å²) >= 11 is 0. The number of hydrogen-bond donors (Lipinski definition) is 3. The minimum Gasteiger partial charge on any atom is -0.458 e. The summed E-state index contributed by atoms with van der Waals surface area (Å²) in [5, 5.41) is 33.3. The van der Waals surface area contributed by atoms with Crippen LogP contribution in [0, 0.1) is 34.5 Å². The zero-order valence-electron chi connectivity index (χ0n) is 17.1. The second-order valence-electron chi connectivity index (χ2n) is 10.9. The monoisotopic (exact) mass is 390 g/mol. The number of aliphatic hydroxyl groups excluding tert-OH is 2. The third-order valence-corrected chi connectivity index (χ3v) is 9.92. The minimum atomic E-state index is -0.906. The van der Waals surface area contributed by atoms with Gasteiger partial charge in [-0.2, -0.15) is 0 Å². The molecule has 0 aromatic carbocycles. The first-order valence-electron chi connectivity index (χ1n) is 11.1. The van der Waals surface area contributed by atoms with Gasteiger partial charge < -0.3 is 20.1 Å². The van der Waals surface area contributed by atoms with Crippen molar-refractivity contribution in [2.75, 3.05) is 6.61 Å². The van der Waals surface area contributed by atoms with Crippen LogP contribution >= 0.6 is 0 Å². The lowest BCUT2D eigenvalue weighted by Gasteiger charge is -2.63. The molecule has 5 heteroatoms. The molecule has 0 amide bonds. The molecule has 0 spiro atoms. The number of fused-ring (bicyclic) bond motifs is 5. The van der Waals surface area contributed by atoms with Gasteiger partial charge in [0.15, 0.2) is 0 Å². The number of cyclic esters (lactones) is 1. The first-order valence-corrected chi connectivity index (χ1v) is 11.1. The Bertz CT molecular complexity index is 718. The van der Waals surface area contributed by atoms with Crippen LogP contribution in [-0.4, -0.2) is 45.7 Å². The smallest absolute Gasteiger partial charge is 0.331 e. The molecule has 5 rings (SSSR count). The van der Waals surface area contributed by atoms with Crippen molar-refractivity contribution in [3.8, 4) is 0 Å². The third kappa shape index (κ3) is 2.33.